The van der Waals surface area contributed by atoms with E-state index in [9.17, 15) is 8.42 Å². The van der Waals surface area contributed by atoms with Crippen molar-refractivity contribution in [3.05, 3.63) is 29.8 Å². The van der Waals surface area contributed by atoms with Crippen molar-refractivity contribution in [2.75, 3.05) is 17.6 Å². The van der Waals surface area contributed by atoms with Crippen LogP contribution in [0.2, 0.25) is 0 Å². The number of benzene rings is 1. The third-order valence-corrected chi connectivity index (χ3v) is 3.10. The molecule has 2 rings (SSSR count). The largest absolute Gasteiger partial charge is 0.374 e. The van der Waals surface area contributed by atoms with Gasteiger partial charge in [0.25, 0.3) is 0 Å². The Kier molecular flexibility index (Phi) is 3.16. The van der Waals surface area contributed by atoms with Gasteiger partial charge in [-0.3, -0.25) is 4.72 Å². The summed E-state index contributed by atoms with van der Waals surface area (Å²) in [7, 11) is -3.21. The monoisotopic (exact) mass is 241 g/mol. The predicted octanol–water partition coefficient (Wildman–Crippen LogP) is 1.91. The summed E-state index contributed by atoms with van der Waals surface area (Å²) < 4.78 is 30.2. The van der Waals surface area contributed by atoms with Gasteiger partial charge in [-0.25, -0.2) is 8.42 Å². The van der Waals surface area contributed by atoms with E-state index in [2.05, 4.69) is 4.72 Å². The maximum atomic E-state index is 11.1. The van der Waals surface area contributed by atoms with Crippen LogP contribution in [-0.4, -0.2) is 21.3 Å². The lowest BCUT2D eigenvalue weighted by molar-refractivity contribution is 0.112. The molecule has 1 aliphatic heterocycles. The molecule has 16 heavy (non-hydrogen) atoms. The van der Waals surface area contributed by atoms with Gasteiger partial charge in [0, 0.05) is 12.3 Å². The van der Waals surface area contributed by atoms with Gasteiger partial charge in [-0.05, 0) is 30.5 Å². The molecule has 1 aliphatic rings. The highest BCUT2D eigenvalue weighted by atomic mass is 32.2. The highest BCUT2D eigenvalue weighted by Crippen LogP contribution is 2.29. The van der Waals surface area contributed by atoms with Gasteiger partial charge in [0.1, 0.15) is 0 Å². The zero-order chi connectivity index (χ0) is 11.6. The van der Waals surface area contributed by atoms with E-state index in [1.165, 1.54) is 0 Å². The van der Waals surface area contributed by atoms with Crippen molar-refractivity contribution in [3.63, 3.8) is 0 Å². The van der Waals surface area contributed by atoms with Crippen molar-refractivity contribution >= 4 is 15.7 Å². The summed E-state index contributed by atoms with van der Waals surface area (Å²) in [6.07, 6.45) is 3.32. The molecule has 1 aromatic carbocycles. The van der Waals surface area contributed by atoms with E-state index in [-0.39, 0.29) is 6.10 Å². The molecule has 0 saturated carbocycles. The van der Waals surface area contributed by atoms with Crippen LogP contribution >= 0.6 is 0 Å². The summed E-state index contributed by atoms with van der Waals surface area (Å²) in [5, 5.41) is 0. The number of nitrogens with one attached hydrogen (secondary N) is 1. The minimum atomic E-state index is -3.21. The molecule has 1 unspecified atom stereocenters. The fourth-order valence-corrected chi connectivity index (χ4v) is 2.41. The van der Waals surface area contributed by atoms with E-state index >= 15 is 0 Å². The van der Waals surface area contributed by atoms with E-state index in [1.54, 1.807) is 6.07 Å². The van der Waals surface area contributed by atoms with Crippen molar-refractivity contribution in [3.8, 4) is 0 Å². The van der Waals surface area contributed by atoms with Crippen LogP contribution in [-0.2, 0) is 14.8 Å². The first-order valence-electron chi connectivity index (χ1n) is 5.24. The van der Waals surface area contributed by atoms with Crippen molar-refractivity contribution in [1.29, 1.82) is 0 Å². The molecule has 1 fully saturated rings. The number of sulfonamides is 1. The average Bonchev–Trinajstić information content (AvgIpc) is 2.68. The Bertz CT molecular complexity index is 464. The van der Waals surface area contributed by atoms with Gasteiger partial charge in [-0.15, -0.1) is 0 Å². The molecular formula is C11H15NO3S. The second-order valence-electron chi connectivity index (χ2n) is 4.00. The molecule has 88 valence electrons. The molecule has 0 radical (unpaired) electrons. The Hall–Kier alpha value is -1.07. The Labute approximate surface area is 95.7 Å². The molecule has 1 aromatic rings. The van der Waals surface area contributed by atoms with Gasteiger partial charge in [0.15, 0.2) is 0 Å². The van der Waals surface area contributed by atoms with Crippen LogP contribution in [0.4, 0.5) is 5.69 Å². The van der Waals surface area contributed by atoms with Crippen LogP contribution in [0.5, 0.6) is 0 Å². The second-order valence-corrected chi connectivity index (χ2v) is 5.75. The standard InChI is InChI=1S/C11H15NO3S/c1-16(13,14)12-10-5-2-4-9(8-10)11-6-3-7-15-11/h2,4-5,8,11-12H,3,6-7H2,1H3. The van der Waals surface area contributed by atoms with Crippen LogP contribution in [0.3, 0.4) is 0 Å². The fraction of sp³-hybridized carbons (Fsp3) is 0.455. The lowest BCUT2D eigenvalue weighted by atomic mass is 10.1. The molecule has 0 bridgehead atoms. The van der Waals surface area contributed by atoms with Crippen LogP contribution in [0.25, 0.3) is 0 Å². The number of anilines is 1. The van der Waals surface area contributed by atoms with Crippen molar-refractivity contribution < 1.29 is 13.2 Å². The molecule has 1 heterocycles. The Morgan fingerprint density at radius 1 is 1.44 bits per heavy atom. The van der Waals surface area contributed by atoms with Gasteiger partial charge in [0.2, 0.25) is 10.0 Å². The number of hydrogen-bond acceptors (Lipinski definition) is 3. The molecule has 1 N–H and O–H groups in total. The molecule has 5 heteroatoms. The molecule has 1 saturated heterocycles. The summed E-state index contributed by atoms with van der Waals surface area (Å²) >= 11 is 0. The quantitative estimate of drug-likeness (QED) is 0.879. The van der Waals surface area contributed by atoms with Crippen LogP contribution < -0.4 is 4.72 Å². The maximum Gasteiger partial charge on any atom is 0.229 e. The number of rotatable bonds is 3. The molecule has 0 spiro atoms. The smallest absolute Gasteiger partial charge is 0.229 e. The van der Waals surface area contributed by atoms with Gasteiger partial charge in [-0.2, -0.15) is 0 Å². The summed E-state index contributed by atoms with van der Waals surface area (Å²) in [4.78, 5) is 0. The van der Waals surface area contributed by atoms with Crippen molar-refractivity contribution in [1.82, 2.24) is 0 Å². The van der Waals surface area contributed by atoms with E-state index in [1.807, 2.05) is 18.2 Å². The zero-order valence-electron chi connectivity index (χ0n) is 9.14. The zero-order valence-corrected chi connectivity index (χ0v) is 9.96. The second kappa shape index (κ2) is 4.43. The van der Waals surface area contributed by atoms with E-state index in [0.717, 1.165) is 31.3 Å². The normalized spacial score (nSPS) is 20.9. The first-order chi connectivity index (χ1) is 7.54. The minimum absolute atomic E-state index is 0.112. The maximum absolute atomic E-state index is 11.1. The van der Waals surface area contributed by atoms with Crippen LogP contribution in [0.1, 0.15) is 24.5 Å². The minimum Gasteiger partial charge on any atom is -0.374 e. The van der Waals surface area contributed by atoms with Gasteiger partial charge >= 0.3 is 0 Å². The summed E-state index contributed by atoms with van der Waals surface area (Å²) in [6.45, 7) is 0.786. The summed E-state index contributed by atoms with van der Waals surface area (Å²) in [5.74, 6) is 0. The van der Waals surface area contributed by atoms with Gasteiger partial charge in [-0.1, -0.05) is 12.1 Å². The lowest BCUT2D eigenvalue weighted by Gasteiger charge is -2.11. The summed E-state index contributed by atoms with van der Waals surface area (Å²) in [5.41, 5.74) is 1.63. The third kappa shape index (κ3) is 2.96. The Balaban J connectivity index is 2.19. The first-order valence-corrected chi connectivity index (χ1v) is 7.13. The Morgan fingerprint density at radius 2 is 2.25 bits per heavy atom. The third-order valence-electron chi connectivity index (χ3n) is 2.49. The number of ether oxygens (including phenoxy) is 1. The fourth-order valence-electron chi connectivity index (χ4n) is 1.86. The lowest BCUT2D eigenvalue weighted by Crippen LogP contribution is -2.10. The Morgan fingerprint density at radius 3 is 2.88 bits per heavy atom. The van der Waals surface area contributed by atoms with Crippen LogP contribution in [0.15, 0.2) is 24.3 Å². The van der Waals surface area contributed by atoms with Gasteiger partial charge < -0.3 is 4.74 Å². The molecule has 0 amide bonds. The van der Waals surface area contributed by atoms with E-state index in [0.29, 0.717) is 5.69 Å². The topological polar surface area (TPSA) is 55.4 Å². The SMILES string of the molecule is CS(=O)(=O)Nc1cccc(C2CCCO2)c1. The highest BCUT2D eigenvalue weighted by molar-refractivity contribution is 7.92. The van der Waals surface area contributed by atoms with Crippen LogP contribution in [0, 0.1) is 0 Å². The number of hydrogen-bond donors (Lipinski definition) is 1. The summed E-state index contributed by atoms with van der Waals surface area (Å²) in [6, 6.07) is 7.37. The van der Waals surface area contributed by atoms with Crippen molar-refractivity contribution in [2.24, 2.45) is 0 Å². The van der Waals surface area contributed by atoms with Crippen molar-refractivity contribution in [2.45, 2.75) is 18.9 Å². The molecule has 0 aromatic heterocycles. The molecule has 0 aliphatic carbocycles. The van der Waals surface area contributed by atoms with Gasteiger partial charge in [0.05, 0.1) is 12.4 Å². The highest BCUT2D eigenvalue weighted by Gasteiger charge is 2.17. The molecule has 4 nitrogen and oxygen atoms in total. The molecule has 1 atom stereocenters. The first kappa shape index (κ1) is 11.4. The van der Waals surface area contributed by atoms with E-state index < -0.39 is 10.0 Å². The predicted molar refractivity (Wildman–Crippen MR) is 62.8 cm³/mol. The molecular weight excluding hydrogens is 226 g/mol. The average molecular weight is 241 g/mol. The van der Waals surface area contributed by atoms with E-state index in [4.69, 9.17) is 4.74 Å².